The van der Waals surface area contributed by atoms with Crippen molar-refractivity contribution < 1.29 is 14.6 Å². The summed E-state index contributed by atoms with van der Waals surface area (Å²) in [5, 5.41) is 12.5. The second kappa shape index (κ2) is 5.81. The Morgan fingerprint density at radius 1 is 1.50 bits per heavy atom. The lowest BCUT2D eigenvalue weighted by molar-refractivity contribution is -0.0249. The van der Waals surface area contributed by atoms with Crippen molar-refractivity contribution in [1.29, 1.82) is 0 Å². The van der Waals surface area contributed by atoms with E-state index in [0.717, 1.165) is 5.56 Å². The number of urea groups is 1. The Labute approximate surface area is 119 Å². The van der Waals surface area contributed by atoms with Gasteiger partial charge in [0, 0.05) is 12.2 Å². The first-order valence-electron chi connectivity index (χ1n) is 6.84. The second-order valence-electron chi connectivity index (χ2n) is 5.75. The lowest BCUT2D eigenvalue weighted by Crippen LogP contribution is -2.56. The van der Waals surface area contributed by atoms with Crippen LogP contribution in [-0.2, 0) is 4.74 Å². The third-order valence-electron chi connectivity index (χ3n) is 3.51. The molecule has 110 valence electrons. The first-order chi connectivity index (χ1) is 9.40. The van der Waals surface area contributed by atoms with Crippen LogP contribution in [0.4, 0.5) is 10.5 Å². The van der Waals surface area contributed by atoms with Crippen LogP contribution in [0.25, 0.3) is 0 Å². The van der Waals surface area contributed by atoms with Crippen LogP contribution in [0, 0.1) is 0 Å². The van der Waals surface area contributed by atoms with Gasteiger partial charge in [-0.25, -0.2) is 4.79 Å². The van der Waals surface area contributed by atoms with Gasteiger partial charge >= 0.3 is 6.03 Å². The lowest BCUT2D eigenvalue weighted by Gasteiger charge is -2.41. The summed E-state index contributed by atoms with van der Waals surface area (Å²) in [5.74, 6) is 0. The molecular formula is C15H22N2O3. The van der Waals surface area contributed by atoms with Crippen molar-refractivity contribution in [2.45, 2.75) is 32.4 Å². The predicted octanol–water partition coefficient (Wildman–Crippen LogP) is 2.38. The molecule has 1 heterocycles. The average molecular weight is 278 g/mol. The van der Waals surface area contributed by atoms with E-state index >= 15 is 0 Å². The van der Waals surface area contributed by atoms with Crippen LogP contribution in [0.15, 0.2) is 24.3 Å². The minimum Gasteiger partial charge on any atom is -0.389 e. The zero-order chi connectivity index (χ0) is 14.8. The maximum atomic E-state index is 12.4. The van der Waals surface area contributed by atoms with Crippen molar-refractivity contribution in [3.8, 4) is 0 Å². The zero-order valence-electron chi connectivity index (χ0n) is 12.2. The van der Waals surface area contributed by atoms with Crippen molar-refractivity contribution in [1.82, 2.24) is 4.90 Å². The highest BCUT2D eigenvalue weighted by atomic mass is 16.5. The molecule has 0 aromatic heterocycles. The normalized spacial score (nSPS) is 19.5. The third kappa shape index (κ3) is 3.29. The summed E-state index contributed by atoms with van der Waals surface area (Å²) in [6.07, 6.45) is -0.549. The number of benzene rings is 1. The number of aliphatic hydroxyl groups is 1. The van der Waals surface area contributed by atoms with Crippen LogP contribution in [0.3, 0.4) is 0 Å². The molecule has 0 aliphatic carbocycles. The number of nitrogens with one attached hydrogen (secondary N) is 1. The number of hydrogen-bond donors (Lipinski definition) is 2. The number of hydrogen-bond acceptors (Lipinski definition) is 3. The van der Waals surface area contributed by atoms with Crippen LogP contribution in [0.2, 0.25) is 0 Å². The molecule has 1 aromatic rings. The van der Waals surface area contributed by atoms with Gasteiger partial charge in [0.05, 0.1) is 24.9 Å². The molecule has 1 fully saturated rings. The zero-order valence-corrected chi connectivity index (χ0v) is 12.2. The van der Waals surface area contributed by atoms with Crippen molar-refractivity contribution >= 4 is 11.7 Å². The number of amides is 2. The van der Waals surface area contributed by atoms with E-state index in [9.17, 15) is 9.90 Å². The van der Waals surface area contributed by atoms with Crippen LogP contribution < -0.4 is 5.32 Å². The fourth-order valence-corrected chi connectivity index (χ4v) is 2.30. The summed E-state index contributed by atoms with van der Waals surface area (Å²) in [4.78, 5) is 14.1. The van der Waals surface area contributed by atoms with Crippen LogP contribution in [-0.4, -0.2) is 41.3 Å². The van der Waals surface area contributed by atoms with E-state index in [1.165, 1.54) is 0 Å². The van der Waals surface area contributed by atoms with Crippen molar-refractivity contribution in [3.05, 3.63) is 29.8 Å². The smallest absolute Gasteiger partial charge is 0.322 e. The van der Waals surface area contributed by atoms with Gasteiger partial charge in [-0.15, -0.1) is 0 Å². The fourth-order valence-electron chi connectivity index (χ4n) is 2.30. The van der Waals surface area contributed by atoms with Gasteiger partial charge in [0.15, 0.2) is 0 Å². The molecule has 5 nitrogen and oxygen atoms in total. The number of rotatable bonds is 2. The van der Waals surface area contributed by atoms with Crippen molar-refractivity contribution in [2.75, 3.05) is 25.1 Å². The Bertz CT molecular complexity index is 486. The number of carbonyl (C=O) groups excluding carboxylic acids is 1. The number of nitrogens with zero attached hydrogens (tertiary/aromatic N) is 1. The molecule has 1 aromatic carbocycles. The monoisotopic (exact) mass is 278 g/mol. The molecule has 5 heteroatoms. The maximum absolute atomic E-state index is 12.4. The van der Waals surface area contributed by atoms with E-state index in [1.807, 2.05) is 32.0 Å². The summed E-state index contributed by atoms with van der Waals surface area (Å²) < 4.78 is 5.41. The highest BCUT2D eigenvalue weighted by Gasteiger charge is 2.34. The highest BCUT2D eigenvalue weighted by molar-refractivity contribution is 5.90. The molecule has 0 spiro atoms. The number of morpholine rings is 1. The van der Waals surface area contributed by atoms with Gasteiger partial charge in [-0.1, -0.05) is 12.1 Å². The van der Waals surface area contributed by atoms with Crippen LogP contribution in [0.1, 0.15) is 32.4 Å². The number of ether oxygens (including phenoxy) is 1. The van der Waals surface area contributed by atoms with E-state index in [2.05, 4.69) is 5.32 Å². The van der Waals surface area contributed by atoms with Gasteiger partial charge in [-0.3, -0.25) is 0 Å². The molecule has 2 N–H and O–H groups in total. The molecule has 0 radical (unpaired) electrons. The van der Waals surface area contributed by atoms with E-state index in [0.29, 0.717) is 25.4 Å². The quantitative estimate of drug-likeness (QED) is 0.873. The van der Waals surface area contributed by atoms with Gasteiger partial charge < -0.3 is 20.1 Å². The molecule has 2 amide bonds. The maximum Gasteiger partial charge on any atom is 0.322 e. The molecule has 2 rings (SSSR count). The summed E-state index contributed by atoms with van der Waals surface area (Å²) in [6.45, 7) is 7.34. The van der Waals surface area contributed by atoms with Gasteiger partial charge in [0.25, 0.3) is 0 Å². The number of carbonyl (C=O) groups is 1. The van der Waals surface area contributed by atoms with Gasteiger partial charge in [0.2, 0.25) is 0 Å². The predicted molar refractivity (Wildman–Crippen MR) is 77.7 cm³/mol. The standard InChI is InChI=1S/C15H22N2O3/c1-11(18)12-5-4-6-13(9-12)16-14(19)17-7-8-20-10-15(17,2)3/h4-6,9,11,18H,7-8,10H2,1-3H3,(H,16,19). The molecule has 1 unspecified atom stereocenters. The summed E-state index contributed by atoms with van der Waals surface area (Å²) in [5.41, 5.74) is 1.16. The molecule has 20 heavy (non-hydrogen) atoms. The molecule has 1 atom stereocenters. The minimum atomic E-state index is -0.549. The first-order valence-corrected chi connectivity index (χ1v) is 6.84. The Morgan fingerprint density at radius 3 is 2.90 bits per heavy atom. The molecule has 1 aliphatic heterocycles. The molecule has 1 aliphatic rings. The first kappa shape index (κ1) is 14.8. The van der Waals surface area contributed by atoms with E-state index in [1.54, 1.807) is 17.9 Å². The average Bonchev–Trinajstić information content (AvgIpc) is 2.38. The molecule has 1 saturated heterocycles. The largest absolute Gasteiger partial charge is 0.389 e. The molecule has 0 bridgehead atoms. The lowest BCUT2D eigenvalue weighted by atomic mass is 10.0. The van der Waals surface area contributed by atoms with Crippen LogP contribution in [0.5, 0.6) is 0 Å². The van der Waals surface area contributed by atoms with E-state index in [-0.39, 0.29) is 11.6 Å². The van der Waals surface area contributed by atoms with Crippen molar-refractivity contribution in [3.63, 3.8) is 0 Å². The Hall–Kier alpha value is -1.59. The SMILES string of the molecule is CC(O)c1cccc(NC(=O)N2CCOCC2(C)C)c1. The third-order valence-corrected chi connectivity index (χ3v) is 3.51. The van der Waals surface area contributed by atoms with Gasteiger partial charge in [-0.2, -0.15) is 0 Å². The Morgan fingerprint density at radius 2 is 2.25 bits per heavy atom. The Kier molecular flexibility index (Phi) is 4.30. The summed E-state index contributed by atoms with van der Waals surface area (Å²) in [7, 11) is 0. The minimum absolute atomic E-state index is 0.138. The van der Waals surface area contributed by atoms with Gasteiger partial charge in [-0.05, 0) is 38.5 Å². The van der Waals surface area contributed by atoms with E-state index in [4.69, 9.17) is 4.74 Å². The Balaban J connectivity index is 2.09. The highest BCUT2D eigenvalue weighted by Crippen LogP contribution is 2.22. The fraction of sp³-hybridized carbons (Fsp3) is 0.533. The number of aliphatic hydroxyl groups excluding tert-OH is 1. The number of anilines is 1. The van der Waals surface area contributed by atoms with Gasteiger partial charge in [0.1, 0.15) is 0 Å². The van der Waals surface area contributed by atoms with Crippen molar-refractivity contribution in [2.24, 2.45) is 0 Å². The second-order valence-corrected chi connectivity index (χ2v) is 5.75. The van der Waals surface area contributed by atoms with E-state index < -0.39 is 6.10 Å². The molecular weight excluding hydrogens is 256 g/mol. The summed E-state index contributed by atoms with van der Waals surface area (Å²) in [6, 6.07) is 7.12. The summed E-state index contributed by atoms with van der Waals surface area (Å²) >= 11 is 0. The molecule has 0 saturated carbocycles. The topological polar surface area (TPSA) is 61.8 Å². The van der Waals surface area contributed by atoms with Crippen LogP contribution >= 0.6 is 0 Å².